The standard InChI is InChI=1S/C20H28N6O2/c1-25-9-11-26(12-10-25)18-6-4-17(5-7-18)24-20-22-14-16(15-23-20)19(27)21-8-3-13-28-2/h4-7,14-15H,3,8-13H2,1-2H3,(H,21,27)(H,22,23,24). The van der Waals surface area contributed by atoms with Gasteiger partial charge in [0.2, 0.25) is 5.95 Å². The molecular formula is C20H28N6O2. The highest BCUT2D eigenvalue weighted by molar-refractivity contribution is 5.93. The molecule has 2 heterocycles. The topological polar surface area (TPSA) is 82.6 Å². The average molecular weight is 384 g/mol. The van der Waals surface area contributed by atoms with Crippen LogP contribution in [-0.2, 0) is 4.74 Å². The number of hydrogen-bond donors (Lipinski definition) is 2. The molecule has 1 aromatic carbocycles. The zero-order valence-electron chi connectivity index (χ0n) is 16.5. The molecule has 28 heavy (non-hydrogen) atoms. The fourth-order valence-corrected chi connectivity index (χ4v) is 2.98. The first-order valence-electron chi connectivity index (χ1n) is 9.55. The van der Waals surface area contributed by atoms with Gasteiger partial charge in [0.25, 0.3) is 5.91 Å². The van der Waals surface area contributed by atoms with Gasteiger partial charge in [-0.05, 0) is 37.7 Å². The van der Waals surface area contributed by atoms with Gasteiger partial charge in [-0.25, -0.2) is 9.97 Å². The maximum absolute atomic E-state index is 12.0. The van der Waals surface area contributed by atoms with Crippen molar-refractivity contribution in [3.05, 3.63) is 42.2 Å². The molecule has 1 aromatic heterocycles. The maximum Gasteiger partial charge on any atom is 0.254 e. The van der Waals surface area contributed by atoms with Crippen molar-refractivity contribution in [2.24, 2.45) is 0 Å². The first kappa shape index (κ1) is 20.0. The Morgan fingerprint density at radius 1 is 1.11 bits per heavy atom. The summed E-state index contributed by atoms with van der Waals surface area (Å²) in [7, 11) is 3.79. The Hall–Kier alpha value is -2.71. The monoisotopic (exact) mass is 384 g/mol. The van der Waals surface area contributed by atoms with Crippen LogP contribution < -0.4 is 15.5 Å². The number of anilines is 3. The molecule has 150 valence electrons. The number of likely N-dealkylation sites (N-methyl/N-ethyl adjacent to an activating group) is 1. The number of rotatable bonds is 8. The van der Waals surface area contributed by atoms with E-state index >= 15 is 0 Å². The minimum absolute atomic E-state index is 0.181. The highest BCUT2D eigenvalue weighted by atomic mass is 16.5. The predicted molar refractivity (Wildman–Crippen MR) is 110 cm³/mol. The highest BCUT2D eigenvalue weighted by Gasteiger charge is 2.14. The van der Waals surface area contributed by atoms with Crippen molar-refractivity contribution >= 4 is 23.2 Å². The second-order valence-corrected chi connectivity index (χ2v) is 6.86. The number of piperazine rings is 1. The summed E-state index contributed by atoms with van der Waals surface area (Å²) >= 11 is 0. The van der Waals surface area contributed by atoms with Crippen molar-refractivity contribution in [3.63, 3.8) is 0 Å². The zero-order valence-corrected chi connectivity index (χ0v) is 16.5. The van der Waals surface area contributed by atoms with E-state index in [1.807, 2.05) is 12.1 Å². The molecule has 2 aromatic rings. The number of nitrogens with zero attached hydrogens (tertiary/aromatic N) is 4. The smallest absolute Gasteiger partial charge is 0.254 e. The van der Waals surface area contributed by atoms with Gasteiger partial charge in [0.05, 0.1) is 5.56 Å². The second kappa shape index (κ2) is 10.0. The Kier molecular flexibility index (Phi) is 7.16. The Bertz CT molecular complexity index is 742. The third kappa shape index (κ3) is 5.64. The van der Waals surface area contributed by atoms with Crippen LogP contribution >= 0.6 is 0 Å². The van der Waals surface area contributed by atoms with Crippen LogP contribution in [0.5, 0.6) is 0 Å². The van der Waals surface area contributed by atoms with Gasteiger partial charge in [-0.15, -0.1) is 0 Å². The lowest BCUT2D eigenvalue weighted by Gasteiger charge is -2.34. The molecule has 0 radical (unpaired) electrons. The first-order valence-corrected chi connectivity index (χ1v) is 9.55. The minimum atomic E-state index is -0.181. The molecule has 8 heteroatoms. The van der Waals surface area contributed by atoms with Crippen molar-refractivity contribution < 1.29 is 9.53 Å². The first-order chi connectivity index (χ1) is 13.7. The zero-order chi connectivity index (χ0) is 19.8. The number of aromatic nitrogens is 2. The molecule has 1 aliphatic rings. The Morgan fingerprint density at radius 3 is 2.43 bits per heavy atom. The van der Waals surface area contributed by atoms with E-state index in [-0.39, 0.29) is 5.91 Å². The third-order valence-corrected chi connectivity index (χ3v) is 4.72. The molecule has 0 atom stereocenters. The number of carbonyl (C=O) groups excluding carboxylic acids is 1. The maximum atomic E-state index is 12.0. The minimum Gasteiger partial charge on any atom is -0.385 e. The van der Waals surface area contributed by atoms with Crippen LogP contribution in [0.3, 0.4) is 0 Å². The second-order valence-electron chi connectivity index (χ2n) is 6.86. The molecule has 2 N–H and O–H groups in total. The SMILES string of the molecule is COCCCNC(=O)c1cnc(Nc2ccc(N3CCN(C)CC3)cc2)nc1. The van der Waals surface area contributed by atoms with Crippen LogP contribution in [0.4, 0.5) is 17.3 Å². The Labute approximate surface area is 165 Å². The van der Waals surface area contributed by atoms with E-state index in [9.17, 15) is 4.79 Å². The molecule has 3 rings (SSSR count). The fraction of sp³-hybridized carbons (Fsp3) is 0.450. The number of amides is 1. The number of nitrogens with one attached hydrogen (secondary N) is 2. The number of hydrogen-bond acceptors (Lipinski definition) is 7. The van der Waals surface area contributed by atoms with Crippen molar-refractivity contribution in [3.8, 4) is 0 Å². The van der Waals surface area contributed by atoms with Crippen LogP contribution in [0.2, 0.25) is 0 Å². The summed E-state index contributed by atoms with van der Waals surface area (Å²) in [5.41, 5.74) is 2.57. The van der Waals surface area contributed by atoms with E-state index in [2.05, 4.69) is 49.6 Å². The van der Waals surface area contributed by atoms with Gasteiger partial charge in [-0.3, -0.25) is 4.79 Å². The number of carbonyl (C=O) groups is 1. The lowest BCUT2D eigenvalue weighted by atomic mass is 10.2. The largest absolute Gasteiger partial charge is 0.385 e. The number of methoxy groups -OCH3 is 1. The van der Waals surface area contributed by atoms with E-state index in [4.69, 9.17) is 4.74 Å². The predicted octanol–water partition coefficient (Wildman–Crippen LogP) is 1.74. The Balaban J connectivity index is 1.51. The van der Waals surface area contributed by atoms with Crippen LogP contribution in [0.15, 0.2) is 36.7 Å². The van der Waals surface area contributed by atoms with Gasteiger partial charge in [-0.2, -0.15) is 0 Å². The van der Waals surface area contributed by atoms with Gasteiger partial charge >= 0.3 is 0 Å². The molecule has 0 spiro atoms. The third-order valence-electron chi connectivity index (χ3n) is 4.72. The van der Waals surface area contributed by atoms with Gasteiger partial charge in [0.1, 0.15) is 0 Å². The molecule has 1 aliphatic heterocycles. The van der Waals surface area contributed by atoms with E-state index in [0.29, 0.717) is 24.7 Å². The van der Waals surface area contributed by atoms with E-state index < -0.39 is 0 Å². The van der Waals surface area contributed by atoms with Crippen LogP contribution in [0, 0.1) is 0 Å². The normalized spacial score (nSPS) is 14.7. The van der Waals surface area contributed by atoms with E-state index in [1.54, 1.807) is 7.11 Å². The summed E-state index contributed by atoms with van der Waals surface area (Å²) in [6.07, 6.45) is 3.83. The molecule has 1 amide bonds. The fourth-order valence-electron chi connectivity index (χ4n) is 2.98. The Morgan fingerprint density at radius 2 is 1.79 bits per heavy atom. The molecule has 8 nitrogen and oxygen atoms in total. The molecule has 1 saturated heterocycles. The molecule has 0 unspecified atom stereocenters. The summed E-state index contributed by atoms with van der Waals surface area (Å²) in [6, 6.07) is 8.26. The molecule has 0 bridgehead atoms. The van der Waals surface area contributed by atoms with Crippen LogP contribution in [0.25, 0.3) is 0 Å². The summed E-state index contributed by atoms with van der Waals surface area (Å²) in [6.45, 7) is 5.43. The highest BCUT2D eigenvalue weighted by Crippen LogP contribution is 2.20. The van der Waals surface area contributed by atoms with E-state index in [1.165, 1.54) is 18.1 Å². The van der Waals surface area contributed by atoms with E-state index in [0.717, 1.165) is 38.3 Å². The van der Waals surface area contributed by atoms with Crippen LogP contribution in [-0.4, -0.2) is 74.3 Å². The quantitative estimate of drug-likeness (QED) is 0.671. The molecular weight excluding hydrogens is 356 g/mol. The summed E-state index contributed by atoms with van der Waals surface area (Å²) in [5, 5.41) is 5.99. The lowest BCUT2D eigenvalue weighted by Crippen LogP contribution is -2.44. The summed E-state index contributed by atoms with van der Waals surface area (Å²) in [4.78, 5) is 25.2. The van der Waals surface area contributed by atoms with Gasteiger partial charge < -0.3 is 25.2 Å². The summed E-state index contributed by atoms with van der Waals surface area (Å²) in [5.74, 6) is 0.280. The average Bonchev–Trinajstić information content (AvgIpc) is 2.73. The van der Waals surface area contributed by atoms with Gasteiger partial charge in [0, 0.05) is 70.2 Å². The number of benzene rings is 1. The number of ether oxygens (including phenoxy) is 1. The van der Waals surface area contributed by atoms with Crippen molar-refractivity contribution in [1.29, 1.82) is 0 Å². The van der Waals surface area contributed by atoms with Crippen molar-refractivity contribution in [2.45, 2.75) is 6.42 Å². The van der Waals surface area contributed by atoms with Gasteiger partial charge in [-0.1, -0.05) is 0 Å². The van der Waals surface area contributed by atoms with Crippen molar-refractivity contribution in [1.82, 2.24) is 20.2 Å². The van der Waals surface area contributed by atoms with Crippen molar-refractivity contribution in [2.75, 3.05) is 63.7 Å². The lowest BCUT2D eigenvalue weighted by molar-refractivity contribution is 0.0948. The molecule has 1 fully saturated rings. The molecule has 0 aliphatic carbocycles. The van der Waals surface area contributed by atoms with Gasteiger partial charge in [0.15, 0.2) is 0 Å². The molecule has 0 saturated carbocycles. The van der Waals surface area contributed by atoms with Crippen LogP contribution in [0.1, 0.15) is 16.8 Å². The summed E-state index contributed by atoms with van der Waals surface area (Å²) < 4.78 is 4.96.